The number of nitrogens with one attached hydrogen (secondary N) is 1. The predicted octanol–water partition coefficient (Wildman–Crippen LogP) is 0.868. The van der Waals surface area contributed by atoms with Crippen molar-refractivity contribution in [1.29, 1.82) is 0 Å². The predicted molar refractivity (Wildman–Crippen MR) is 51.7 cm³/mol. The number of amides is 1. The fourth-order valence-electron chi connectivity index (χ4n) is 1.28. The van der Waals surface area contributed by atoms with Gasteiger partial charge in [-0.3, -0.25) is 9.59 Å². The van der Waals surface area contributed by atoms with Gasteiger partial charge in [0.25, 0.3) is 0 Å². The van der Waals surface area contributed by atoms with E-state index in [1.165, 1.54) is 0 Å². The number of carbonyl (C=O) groups is 2. The fourth-order valence-corrected chi connectivity index (χ4v) is 1.28. The topological polar surface area (TPSA) is 66.4 Å². The van der Waals surface area contributed by atoms with Crippen molar-refractivity contribution in [3.8, 4) is 0 Å². The van der Waals surface area contributed by atoms with E-state index in [1.807, 2.05) is 0 Å². The molecule has 1 saturated carbocycles. The maximum atomic E-state index is 11.5. The molecular formula is C10H17NO3. The highest BCUT2D eigenvalue weighted by molar-refractivity contribution is 5.84. The molecule has 0 aromatic rings. The van der Waals surface area contributed by atoms with Gasteiger partial charge in [0.05, 0.1) is 5.92 Å². The van der Waals surface area contributed by atoms with Gasteiger partial charge in [-0.05, 0) is 12.3 Å². The highest BCUT2D eigenvalue weighted by Gasteiger charge is 2.36. The molecule has 0 saturated heterocycles. The summed E-state index contributed by atoms with van der Waals surface area (Å²) in [6.45, 7) is 5.28. The minimum absolute atomic E-state index is 0.144. The highest BCUT2D eigenvalue weighted by atomic mass is 16.4. The van der Waals surface area contributed by atoms with E-state index in [0.717, 1.165) is 6.42 Å². The van der Waals surface area contributed by atoms with Gasteiger partial charge in [-0.1, -0.05) is 20.8 Å². The summed E-state index contributed by atoms with van der Waals surface area (Å²) >= 11 is 0. The molecule has 1 rings (SSSR count). The van der Waals surface area contributed by atoms with Crippen molar-refractivity contribution < 1.29 is 14.7 Å². The molecule has 1 amide bonds. The lowest BCUT2D eigenvalue weighted by atomic mass is 9.95. The fraction of sp³-hybridized carbons (Fsp3) is 0.800. The molecule has 0 bridgehead atoms. The molecule has 2 N–H and O–H groups in total. The van der Waals surface area contributed by atoms with Crippen LogP contribution in [0.25, 0.3) is 0 Å². The molecule has 0 spiro atoms. The van der Waals surface area contributed by atoms with Gasteiger partial charge < -0.3 is 10.4 Å². The van der Waals surface area contributed by atoms with Crippen LogP contribution in [0.3, 0.4) is 0 Å². The van der Waals surface area contributed by atoms with Gasteiger partial charge in [0.15, 0.2) is 0 Å². The first-order valence-corrected chi connectivity index (χ1v) is 4.96. The number of rotatable bonds is 4. The lowest BCUT2D eigenvalue weighted by Gasteiger charge is -2.15. The first-order chi connectivity index (χ1) is 6.43. The van der Waals surface area contributed by atoms with E-state index >= 15 is 0 Å². The van der Waals surface area contributed by atoms with Crippen LogP contribution in [0.4, 0.5) is 0 Å². The van der Waals surface area contributed by atoms with Crippen molar-refractivity contribution in [2.75, 3.05) is 0 Å². The van der Waals surface area contributed by atoms with Crippen LogP contribution in [0.1, 0.15) is 27.2 Å². The summed E-state index contributed by atoms with van der Waals surface area (Å²) < 4.78 is 0. The molecule has 0 aromatic heterocycles. The SMILES string of the molecule is CC1CC1NC(=O)C(C)C(C)C(=O)O. The van der Waals surface area contributed by atoms with Crippen LogP contribution in [-0.2, 0) is 9.59 Å². The van der Waals surface area contributed by atoms with Crippen LogP contribution in [0.5, 0.6) is 0 Å². The Kier molecular flexibility index (Phi) is 3.13. The third-order valence-electron chi connectivity index (χ3n) is 2.99. The normalized spacial score (nSPS) is 29.1. The Labute approximate surface area is 83.7 Å². The summed E-state index contributed by atoms with van der Waals surface area (Å²) in [7, 11) is 0. The van der Waals surface area contributed by atoms with Gasteiger partial charge in [-0.2, -0.15) is 0 Å². The Balaban J connectivity index is 2.39. The molecule has 0 aliphatic heterocycles. The molecule has 0 aromatic carbocycles. The molecule has 14 heavy (non-hydrogen) atoms. The zero-order valence-corrected chi connectivity index (χ0v) is 8.78. The zero-order valence-electron chi connectivity index (χ0n) is 8.78. The third kappa shape index (κ3) is 2.47. The van der Waals surface area contributed by atoms with Gasteiger partial charge in [-0.25, -0.2) is 0 Å². The second-order valence-corrected chi connectivity index (χ2v) is 4.24. The number of carbonyl (C=O) groups excluding carboxylic acids is 1. The average molecular weight is 199 g/mol. The van der Waals surface area contributed by atoms with Crippen LogP contribution in [0.15, 0.2) is 0 Å². The number of hydrogen-bond donors (Lipinski definition) is 2. The maximum Gasteiger partial charge on any atom is 0.307 e. The summed E-state index contributed by atoms with van der Waals surface area (Å²) in [5.74, 6) is -1.60. The molecule has 4 unspecified atom stereocenters. The number of carboxylic acids is 1. The maximum absolute atomic E-state index is 11.5. The van der Waals surface area contributed by atoms with Crippen molar-refractivity contribution >= 4 is 11.9 Å². The van der Waals surface area contributed by atoms with Crippen LogP contribution in [0, 0.1) is 17.8 Å². The Morgan fingerprint density at radius 1 is 1.36 bits per heavy atom. The molecule has 80 valence electrons. The largest absolute Gasteiger partial charge is 0.481 e. The Bertz CT molecular complexity index is 252. The summed E-state index contributed by atoms with van der Waals surface area (Å²) in [6, 6.07) is 0.269. The number of hydrogen-bond acceptors (Lipinski definition) is 2. The standard InChI is InChI=1S/C10H17NO3/c1-5-4-8(5)11-9(12)6(2)7(3)10(13)14/h5-8H,4H2,1-3H3,(H,11,12)(H,13,14). The van der Waals surface area contributed by atoms with Gasteiger partial charge in [0.2, 0.25) is 5.91 Å². The third-order valence-corrected chi connectivity index (χ3v) is 2.99. The number of carboxylic acid groups (broad SMARTS) is 1. The summed E-state index contributed by atoms with van der Waals surface area (Å²) in [4.78, 5) is 22.1. The van der Waals surface area contributed by atoms with Gasteiger partial charge in [0, 0.05) is 12.0 Å². The minimum atomic E-state index is -0.920. The quantitative estimate of drug-likeness (QED) is 0.706. The lowest BCUT2D eigenvalue weighted by Crippen LogP contribution is -2.36. The molecule has 1 fully saturated rings. The molecule has 0 radical (unpaired) electrons. The summed E-state index contributed by atoms with van der Waals surface area (Å²) in [6.07, 6.45) is 1.01. The van der Waals surface area contributed by atoms with Crippen molar-refractivity contribution in [3.63, 3.8) is 0 Å². The van der Waals surface area contributed by atoms with E-state index in [2.05, 4.69) is 12.2 Å². The molecule has 4 atom stereocenters. The molecule has 0 heterocycles. The van der Waals surface area contributed by atoms with E-state index < -0.39 is 17.8 Å². The van der Waals surface area contributed by atoms with Gasteiger partial charge in [-0.15, -0.1) is 0 Å². The van der Waals surface area contributed by atoms with Gasteiger partial charge >= 0.3 is 5.97 Å². The van der Waals surface area contributed by atoms with Crippen LogP contribution in [0.2, 0.25) is 0 Å². The van der Waals surface area contributed by atoms with Gasteiger partial charge in [0.1, 0.15) is 0 Å². The van der Waals surface area contributed by atoms with Crippen molar-refractivity contribution in [2.24, 2.45) is 17.8 Å². The van der Waals surface area contributed by atoms with Crippen molar-refractivity contribution in [1.82, 2.24) is 5.32 Å². The molecule has 4 heteroatoms. The Morgan fingerprint density at radius 2 is 1.86 bits per heavy atom. The van der Waals surface area contributed by atoms with Crippen LogP contribution < -0.4 is 5.32 Å². The molecule has 1 aliphatic carbocycles. The molecular weight excluding hydrogens is 182 g/mol. The van der Waals surface area contributed by atoms with E-state index in [-0.39, 0.29) is 11.9 Å². The average Bonchev–Trinajstić information content (AvgIpc) is 2.78. The second kappa shape index (κ2) is 3.98. The highest BCUT2D eigenvalue weighted by Crippen LogP contribution is 2.29. The van der Waals surface area contributed by atoms with Crippen LogP contribution >= 0.6 is 0 Å². The summed E-state index contributed by atoms with van der Waals surface area (Å²) in [5.41, 5.74) is 0. The first kappa shape index (κ1) is 11.0. The smallest absolute Gasteiger partial charge is 0.307 e. The lowest BCUT2D eigenvalue weighted by molar-refractivity contribution is -0.146. The molecule has 1 aliphatic rings. The van der Waals surface area contributed by atoms with E-state index in [4.69, 9.17) is 5.11 Å². The summed E-state index contributed by atoms with van der Waals surface area (Å²) in [5, 5.41) is 11.6. The van der Waals surface area contributed by atoms with E-state index in [9.17, 15) is 9.59 Å². The monoisotopic (exact) mass is 199 g/mol. The van der Waals surface area contributed by atoms with Crippen LogP contribution in [-0.4, -0.2) is 23.0 Å². The number of aliphatic carboxylic acids is 1. The van der Waals surface area contributed by atoms with Crippen molar-refractivity contribution in [2.45, 2.75) is 33.2 Å². The zero-order chi connectivity index (χ0) is 10.9. The Morgan fingerprint density at radius 3 is 2.21 bits per heavy atom. The van der Waals surface area contributed by atoms with E-state index in [1.54, 1.807) is 13.8 Å². The minimum Gasteiger partial charge on any atom is -0.481 e. The second-order valence-electron chi connectivity index (χ2n) is 4.24. The van der Waals surface area contributed by atoms with E-state index in [0.29, 0.717) is 5.92 Å². The molecule has 4 nitrogen and oxygen atoms in total. The first-order valence-electron chi connectivity index (χ1n) is 4.96. The Hall–Kier alpha value is -1.06. The van der Waals surface area contributed by atoms with Crippen molar-refractivity contribution in [3.05, 3.63) is 0 Å².